The van der Waals surface area contributed by atoms with Gasteiger partial charge in [-0.05, 0) is 25.0 Å². The first-order chi connectivity index (χ1) is 8.02. The Morgan fingerprint density at radius 3 is 2.47 bits per heavy atom. The first-order valence-corrected chi connectivity index (χ1v) is 5.67. The molecular weight excluding hydrogens is 216 g/mol. The van der Waals surface area contributed by atoms with Crippen molar-refractivity contribution in [3.8, 4) is 0 Å². The van der Waals surface area contributed by atoms with Gasteiger partial charge in [-0.25, -0.2) is 0 Å². The Morgan fingerprint density at radius 2 is 1.88 bits per heavy atom. The number of esters is 1. The minimum atomic E-state index is -0.334. The van der Waals surface area contributed by atoms with E-state index in [1.54, 1.807) is 0 Å². The second kappa shape index (κ2) is 6.18. The summed E-state index contributed by atoms with van der Waals surface area (Å²) in [6.07, 6.45) is 0.809. The van der Waals surface area contributed by atoms with Crippen molar-refractivity contribution in [2.75, 3.05) is 7.11 Å². The third-order valence-corrected chi connectivity index (χ3v) is 2.72. The highest BCUT2D eigenvalue weighted by Crippen LogP contribution is 2.12. The number of carbonyl (C=O) groups is 2. The molecule has 0 spiro atoms. The van der Waals surface area contributed by atoms with Crippen molar-refractivity contribution >= 4 is 11.8 Å². The van der Waals surface area contributed by atoms with Crippen LogP contribution >= 0.6 is 0 Å². The summed E-state index contributed by atoms with van der Waals surface area (Å²) in [6.45, 7) is 4.02. The number of hydrogen-bond donors (Lipinski definition) is 0. The van der Waals surface area contributed by atoms with Gasteiger partial charge in [-0.2, -0.15) is 0 Å². The van der Waals surface area contributed by atoms with E-state index in [0.29, 0.717) is 6.42 Å². The fourth-order valence-electron chi connectivity index (χ4n) is 1.69. The summed E-state index contributed by atoms with van der Waals surface area (Å²) in [7, 11) is 1.33. The molecule has 0 unspecified atom stereocenters. The number of carbonyl (C=O) groups excluding carboxylic acids is 2. The van der Waals surface area contributed by atoms with E-state index in [1.807, 2.05) is 26.0 Å². The number of ether oxygens (including phenoxy) is 1. The molecule has 0 aliphatic heterocycles. The maximum Gasteiger partial charge on any atom is 0.305 e. The molecule has 1 aromatic rings. The lowest BCUT2D eigenvalue weighted by Crippen LogP contribution is -2.08. The molecule has 92 valence electrons. The molecule has 3 nitrogen and oxygen atoms in total. The lowest BCUT2D eigenvalue weighted by atomic mass is 9.99. The van der Waals surface area contributed by atoms with Crippen molar-refractivity contribution in [2.45, 2.75) is 33.1 Å². The third-order valence-electron chi connectivity index (χ3n) is 2.72. The molecule has 1 rings (SSSR count). The van der Waals surface area contributed by atoms with Gasteiger partial charge in [0.25, 0.3) is 0 Å². The summed E-state index contributed by atoms with van der Waals surface area (Å²) >= 11 is 0. The van der Waals surface area contributed by atoms with E-state index in [9.17, 15) is 9.59 Å². The number of methoxy groups -OCH3 is 1. The van der Waals surface area contributed by atoms with E-state index >= 15 is 0 Å². The zero-order valence-electron chi connectivity index (χ0n) is 10.6. The number of benzene rings is 1. The van der Waals surface area contributed by atoms with Gasteiger partial charge in [-0.3, -0.25) is 9.59 Å². The van der Waals surface area contributed by atoms with Gasteiger partial charge in [0.1, 0.15) is 5.78 Å². The first-order valence-electron chi connectivity index (χ1n) is 5.67. The molecule has 0 saturated carbocycles. The Labute approximate surface area is 102 Å². The van der Waals surface area contributed by atoms with Crippen LogP contribution in [-0.4, -0.2) is 18.9 Å². The summed E-state index contributed by atoms with van der Waals surface area (Å²) in [5, 5.41) is 0. The van der Waals surface area contributed by atoms with Gasteiger partial charge < -0.3 is 4.74 Å². The molecule has 0 aliphatic carbocycles. The first kappa shape index (κ1) is 13.4. The lowest BCUT2D eigenvalue weighted by Gasteiger charge is -2.06. The summed E-state index contributed by atoms with van der Waals surface area (Å²) in [5.41, 5.74) is 3.34. The molecule has 0 bridgehead atoms. The quantitative estimate of drug-likeness (QED) is 0.735. The van der Waals surface area contributed by atoms with Gasteiger partial charge in [-0.1, -0.05) is 23.8 Å². The summed E-state index contributed by atoms with van der Waals surface area (Å²) in [4.78, 5) is 22.6. The van der Waals surface area contributed by atoms with Crippen LogP contribution in [0, 0.1) is 13.8 Å². The van der Waals surface area contributed by atoms with E-state index in [-0.39, 0.29) is 24.6 Å². The van der Waals surface area contributed by atoms with Crippen molar-refractivity contribution in [1.82, 2.24) is 0 Å². The molecular formula is C14H18O3. The monoisotopic (exact) mass is 234 g/mol. The predicted octanol–water partition coefficient (Wildman–Crippen LogP) is 2.37. The average molecular weight is 234 g/mol. The highest BCUT2D eigenvalue weighted by Gasteiger charge is 2.09. The molecule has 0 heterocycles. The van der Waals surface area contributed by atoms with Gasteiger partial charge in [0.15, 0.2) is 0 Å². The van der Waals surface area contributed by atoms with E-state index in [0.717, 1.165) is 11.1 Å². The van der Waals surface area contributed by atoms with Crippen molar-refractivity contribution in [3.05, 3.63) is 34.9 Å². The predicted molar refractivity (Wildman–Crippen MR) is 65.9 cm³/mol. The lowest BCUT2D eigenvalue weighted by molar-refractivity contribution is -0.141. The van der Waals surface area contributed by atoms with Crippen LogP contribution in [0.25, 0.3) is 0 Å². The Kier molecular flexibility index (Phi) is 4.88. The zero-order chi connectivity index (χ0) is 12.8. The van der Waals surface area contributed by atoms with Gasteiger partial charge in [0.2, 0.25) is 0 Å². The molecule has 0 aromatic heterocycles. The Hall–Kier alpha value is -1.64. The second-order valence-corrected chi connectivity index (χ2v) is 4.22. The van der Waals surface area contributed by atoms with Gasteiger partial charge in [0, 0.05) is 12.8 Å². The van der Waals surface area contributed by atoms with E-state index in [2.05, 4.69) is 10.8 Å². The van der Waals surface area contributed by atoms with E-state index in [1.165, 1.54) is 12.7 Å². The molecule has 0 fully saturated rings. The fourth-order valence-corrected chi connectivity index (χ4v) is 1.69. The Morgan fingerprint density at radius 1 is 1.18 bits per heavy atom. The molecule has 0 saturated heterocycles. The van der Waals surface area contributed by atoms with Crippen LogP contribution < -0.4 is 0 Å². The van der Waals surface area contributed by atoms with Gasteiger partial charge in [0.05, 0.1) is 13.5 Å². The molecule has 0 atom stereocenters. The van der Waals surface area contributed by atoms with Crippen molar-refractivity contribution in [1.29, 1.82) is 0 Å². The van der Waals surface area contributed by atoms with Crippen LogP contribution in [0.5, 0.6) is 0 Å². The zero-order valence-corrected chi connectivity index (χ0v) is 10.6. The smallest absolute Gasteiger partial charge is 0.305 e. The number of aryl methyl sites for hydroxylation is 2. The summed E-state index contributed by atoms with van der Waals surface area (Å²) < 4.78 is 4.50. The van der Waals surface area contributed by atoms with Crippen molar-refractivity contribution in [3.63, 3.8) is 0 Å². The highest BCUT2D eigenvalue weighted by molar-refractivity contribution is 5.84. The molecule has 0 N–H and O–H groups in total. The summed E-state index contributed by atoms with van der Waals surface area (Å²) in [6, 6.07) is 6.03. The minimum absolute atomic E-state index is 0.0716. The molecule has 1 aromatic carbocycles. The van der Waals surface area contributed by atoms with Crippen LogP contribution in [0.15, 0.2) is 18.2 Å². The number of ketones is 1. The average Bonchev–Trinajstić information content (AvgIpc) is 2.29. The van der Waals surface area contributed by atoms with Gasteiger partial charge in [-0.15, -0.1) is 0 Å². The molecule has 0 amide bonds. The van der Waals surface area contributed by atoms with Crippen molar-refractivity contribution in [2.24, 2.45) is 0 Å². The number of rotatable bonds is 5. The largest absolute Gasteiger partial charge is 0.469 e. The SMILES string of the molecule is COC(=O)CCC(=O)Cc1ccc(C)cc1C. The summed E-state index contributed by atoms with van der Waals surface area (Å²) in [5.74, 6) is -0.263. The Bertz CT molecular complexity index is 421. The van der Waals surface area contributed by atoms with Crippen LogP contribution in [0.2, 0.25) is 0 Å². The van der Waals surface area contributed by atoms with Crippen LogP contribution in [0.3, 0.4) is 0 Å². The number of Topliss-reactive ketones (excluding diaryl/α,β-unsaturated/α-hetero) is 1. The van der Waals surface area contributed by atoms with Crippen LogP contribution in [0.4, 0.5) is 0 Å². The van der Waals surface area contributed by atoms with Crippen LogP contribution in [0.1, 0.15) is 29.5 Å². The Balaban J connectivity index is 2.53. The molecule has 3 heteroatoms. The highest BCUT2D eigenvalue weighted by atomic mass is 16.5. The van der Waals surface area contributed by atoms with E-state index in [4.69, 9.17) is 0 Å². The van der Waals surface area contributed by atoms with Crippen LogP contribution in [-0.2, 0) is 20.7 Å². The topological polar surface area (TPSA) is 43.4 Å². The van der Waals surface area contributed by atoms with E-state index < -0.39 is 0 Å². The van der Waals surface area contributed by atoms with Crippen molar-refractivity contribution < 1.29 is 14.3 Å². The third kappa shape index (κ3) is 4.39. The minimum Gasteiger partial charge on any atom is -0.469 e. The van der Waals surface area contributed by atoms with Gasteiger partial charge >= 0.3 is 5.97 Å². The fraction of sp³-hybridized carbons (Fsp3) is 0.429. The second-order valence-electron chi connectivity index (χ2n) is 4.22. The normalized spacial score (nSPS) is 10.1. The maximum atomic E-state index is 11.7. The standard InChI is InChI=1S/C14H18O3/c1-10-4-5-12(11(2)8-10)9-13(15)6-7-14(16)17-3/h4-5,8H,6-7,9H2,1-3H3. The maximum absolute atomic E-state index is 11.7. The molecule has 17 heavy (non-hydrogen) atoms. The number of hydrogen-bond acceptors (Lipinski definition) is 3. The molecule has 0 aliphatic rings. The molecule has 0 radical (unpaired) electrons.